The van der Waals surface area contributed by atoms with E-state index >= 15 is 0 Å². The van der Waals surface area contributed by atoms with Gasteiger partial charge in [0, 0.05) is 12.6 Å². The molecule has 0 aromatic heterocycles. The number of aliphatic carboxylic acids is 1. The zero-order valence-corrected chi connectivity index (χ0v) is 13.2. The molecule has 0 aromatic rings. The monoisotopic (exact) mass is 287 g/mol. The molecule has 0 rings (SSSR count). The fourth-order valence-corrected chi connectivity index (χ4v) is 1.22. The van der Waals surface area contributed by atoms with Crippen molar-refractivity contribution in [1.82, 2.24) is 15.5 Å². The van der Waals surface area contributed by atoms with Crippen LogP contribution in [0.1, 0.15) is 41.5 Å². The number of carbonyl (C=O) groups excluding carboxylic acids is 2. The van der Waals surface area contributed by atoms with Crippen LogP contribution in [0.2, 0.25) is 0 Å². The zero-order valence-electron chi connectivity index (χ0n) is 13.2. The Balaban J connectivity index is 4.69. The molecule has 0 bridgehead atoms. The number of amides is 3. The molecular weight excluding hydrogens is 262 g/mol. The van der Waals surface area contributed by atoms with Crippen molar-refractivity contribution in [3.05, 3.63) is 0 Å². The van der Waals surface area contributed by atoms with Gasteiger partial charge in [-0.05, 0) is 41.5 Å². The maximum absolute atomic E-state index is 11.9. The molecule has 7 nitrogen and oxygen atoms in total. The molecule has 0 aliphatic carbocycles. The molecule has 3 N–H and O–H groups in total. The molecule has 0 saturated carbocycles. The van der Waals surface area contributed by atoms with Gasteiger partial charge in [0.15, 0.2) is 0 Å². The Hall–Kier alpha value is -1.79. The number of nitrogens with one attached hydrogen (secondary N) is 2. The summed E-state index contributed by atoms with van der Waals surface area (Å²) < 4.78 is 0. The number of urea groups is 1. The first kappa shape index (κ1) is 18.2. The fourth-order valence-electron chi connectivity index (χ4n) is 1.22. The van der Waals surface area contributed by atoms with Gasteiger partial charge in [-0.15, -0.1) is 0 Å². The Kier molecular flexibility index (Phi) is 5.56. The van der Waals surface area contributed by atoms with E-state index in [2.05, 4.69) is 10.6 Å². The van der Waals surface area contributed by atoms with Crippen LogP contribution in [0.5, 0.6) is 0 Å². The lowest BCUT2D eigenvalue weighted by Gasteiger charge is -2.32. The van der Waals surface area contributed by atoms with Crippen LogP contribution < -0.4 is 10.6 Å². The number of carboxylic acids is 1. The third-order valence-electron chi connectivity index (χ3n) is 2.90. The van der Waals surface area contributed by atoms with Crippen molar-refractivity contribution in [3.8, 4) is 0 Å². The van der Waals surface area contributed by atoms with Crippen molar-refractivity contribution in [2.75, 3.05) is 7.05 Å². The van der Waals surface area contributed by atoms with Crippen LogP contribution in [0.4, 0.5) is 4.79 Å². The van der Waals surface area contributed by atoms with Gasteiger partial charge in [-0.25, -0.2) is 9.59 Å². The Morgan fingerprint density at radius 1 is 1.10 bits per heavy atom. The van der Waals surface area contributed by atoms with Gasteiger partial charge in [0.05, 0.1) is 0 Å². The summed E-state index contributed by atoms with van der Waals surface area (Å²) in [5.74, 6) is -1.45. The third kappa shape index (κ3) is 5.07. The van der Waals surface area contributed by atoms with Gasteiger partial charge in [0.25, 0.3) is 0 Å². The maximum atomic E-state index is 11.9. The third-order valence-corrected chi connectivity index (χ3v) is 2.90. The Bertz CT molecular complexity index is 399. The molecule has 1 atom stereocenters. The molecule has 0 saturated heterocycles. The van der Waals surface area contributed by atoms with Gasteiger partial charge in [-0.2, -0.15) is 0 Å². The summed E-state index contributed by atoms with van der Waals surface area (Å²) in [6.07, 6.45) is 0. The summed E-state index contributed by atoms with van der Waals surface area (Å²) in [7, 11) is 1.37. The van der Waals surface area contributed by atoms with E-state index in [4.69, 9.17) is 5.11 Å². The zero-order chi connectivity index (χ0) is 16.3. The lowest BCUT2D eigenvalue weighted by molar-refractivity contribution is -0.146. The molecule has 1 unspecified atom stereocenters. The van der Waals surface area contributed by atoms with Crippen molar-refractivity contribution in [2.45, 2.75) is 58.7 Å². The fraction of sp³-hybridized carbons (Fsp3) is 0.769. The Morgan fingerprint density at radius 2 is 1.55 bits per heavy atom. The first-order chi connectivity index (χ1) is 8.79. The minimum atomic E-state index is -1.36. The summed E-state index contributed by atoms with van der Waals surface area (Å²) in [5, 5.41) is 14.3. The van der Waals surface area contributed by atoms with Gasteiger partial charge in [0.2, 0.25) is 5.91 Å². The summed E-state index contributed by atoms with van der Waals surface area (Å²) in [6.45, 7) is 9.86. The summed E-state index contributed by atoms with van der Waals surface area (Å²) in [6, 6.07) is -1.37. The predicted octanol–water partition coefficient (Wildman–Crippen LogP) is 0.794. The maximum Gasteiger partial charge on any atom is 0.329 e. The molecule has 0 aliphatic heterocycles. The standard InChI is InChI=1S/C13H25N3O4/c1-8(9(17)15-12(2,3)4)14-11(20)16(7)13(5,6)10(18)19/h8H,1-7H3,(H,14,20)(H,15,17)(H,18,19). The molecule has 0 aliphatic rings. The molecule has 116 valence electrons. The minimum Gasteiger partial charge on any atom is -0.480 e. The molecule has 0 radical (unpaired) electrons. The van der Waals surface area contributed by atoms with E-state index in [-0.39, 0.29) is 5.91 Å². The largest absolute Gasteiger partial charge is 0.480 e. The van der Waals surface area contributed by atoms with Crippen molar-refractivity contribution in [1.29, 1.82) is 0 Å². The SMILES string of the molecule is CC(NC(=O)N(C)C(C)(C)C(=O)O)C(=O)NC(C)(C)C. The smallest absolute Gasteiger partial charge is 0.329 e. The molecule has 7 heteroatoms. The highest BCUT2D eigenvalue weighted by Gasteiger charge is 2.36. The molecular formula is C13H25N3O4. The van der Waals surface area contributed by atoms with Gasteiger partial charge in [-0.3, -0.25) is 4.79 Å². The summed E-state index contributed by atoms with van der Waals surface area (Å²) >= 11 is 0. The van der Waals surface area contributed by atoms with Crippen LogP contribution in [0.15, 0.2) is 0 Å². The number of rotatable bonds is 4. The number of carboxylic acid groups (broad SMARTS) is 1. The molecule has 0 fully saturated rings. The Morgan fingerprint density at radius 3 is 1.90 bits per heavy atom. The van der Waals surface area contributed by atoms with Crippen LogP contribution >= 0.6 is 0 Å². The van der Waals surface area contributed by atoms with E-state index in [0.29, 0.717) is 0 Å². The summed E-state index contributed by atoms with van der Waals surface area (Å²) in [5.41, 5.74) is -1.76. The van der Waals surface area contributed by atoms with Gasteiger partial charge in [0.1, 0.15) is 11.6 Å². The van der Waals surface area contributed by atoms with E-state index < -0.39 is 29.1 Å². The second-order valence-electron chi connectivity index (χ2n) is 6.33. The van der Waals surface area contributed by atoms with Crippen LogP contribution in [0, 0.1) is 0 Å². The van der Waals surface area contributed by atoms with Crippen molar-refractivity contribution >= 4 is 17.9 Å². The lowest BCUT2D eigenvalue weighted by atomic mass is 10.0. The highest BCUT2D eigenvalue weighted by Crippen LogP contribution is 2.12. The van der Waals surface area contributed by atoms with Gasteiger partial charge >= 0.3 is 12.0 Å². The number of carbonyl (C=O) groups is 3. The average molecular weight is 287 g/mol. The van der Waals surface area contributed by atoms with Crippen molar-refractivity contribution in [3.63, 3.8) is 0 Å². The molecule has 0 spiro atoms. The lowest BCUT2D eigenvalue weighted by Crippen LogP contribution is -2.58. The second-order valence-corrected chi connectivity index (χ2v) is 6.33. The minimum absolute atomic E-state index is 0.326. The van der Waals surface area contributed by atoms with E-state index in [1.54, 1.807) is 6.92 Å². The highest BCUT2D eigenvalue weighted by atomic mass is 16.4. The van der Waals surface area contributed by atoms with E-state index in [9.17, 15) is 14.4 Å². The molecule has 0 aromatic carbocycles. The van der Waals surface area contributed by atoms with E-state index in [1.165, 1.54) is 20.9 Å². The summed E-state index contributed by atoms with van der Waals surface area (Å²) in [4.78, 5) is 35.9. The topological polar surface area (TPSA) is 98.7 Å². The van der Waals surface area contributed by atoms with E-state index in [1.807, 2.05) is 20.8 Å². The quantitative estimate of drug-likeness (QED) is 0.712. The highest BCUT2D eigenvalue weighted by molar-refractivity contribution is 5.89. The second kappa shape index (κ2) is 6.11. The van der Waals surface area contributed by atoms with Gasteiger partial charge in [-0.1, -0.05) is 0 Å². The van der Waals surface area contributed by atoms with Crippen LogP contribution in [-0.4, -0.2) is 52.1 Å². The first-order valence-corrected chi connectivity index (χ1v) is 6.39. The number of likely N-dealkylation sites (N-methyl/N-ethyl adjacent to an activating group) is 1. The first-order valence-electron chi connectivity index (χ1n) is 6.39. The van der Waals surface area contributed by atoms with Gasteiger partial charge < -0.3 is 20.6 Å². The van der Waals surface area contributed by atoms with Crippen molar-refractivity contribution in [2.24, 2.45) is 0 Å². The normalized spacial score (nSPS) is 13.3. The molecule has 20 heavy (non-hydrogen) atoms. The number of nitrogens with zero attached hydrogens (tertiary/aromatic N) is 1. The predicted molar refractivity (Wildman–Crippen MR) is 75.4 cm³/mol. The molecule has 0 heterocycles. The molecule has 3 amide bonds. The van der Waals surface area contributed by atoms with E-state index in [0.717, 1.165) is 4.90 Å². The van der Waals surface area contributed by atoms with Crippen molar-refractivity contribution < 1.29 is 19.5 Å². The number of hydrogen-bond acceptors (Lipinski definition) is 3. The van der Waals surface area contributed by atoms with Crippen LogP contribution in [-0.2, 0) is 9.59 Å². The average Bonchev–Trinajstić information content (AvgIpc) is 2.24. The van der Waals surface area contributed by atoms with Crippen LogP contribution in [0.3, 0.4) is 0 Å². The Labute approximate surface area is 119 Å². The van der Waals surface area contributed by atoms with Crippen LogP contribution in [0.25, 0.3) is 0 Å². The number of hydrogen-bond donors (Lipinski definition) is 3.